The van der Waals surface area contributed by atoms with E-state index >= 15 is 0 Å². The zero-order chi connectivity index (χ0) is 19.4. The van der Waals surface area contributed by atoms with Crippen LogP contribution >= 0.6 is 12.4 Å². The van der Waals surface area contributed by atoms with Gasteiger partial charge in [0.15, 0.2) is 5.69 Å². The molecule has 0 aliphatic carbocycles. The standard InChI is InChI=1S/C19H27N5O3.ClH/c1-4-16-18(19(26)21-10-13-9-20-11-17(13)25)22-23-24(16)14-5-7-15(8-6-14)27-12(2)3;/h5-8,12-13,17,20,25H,4,9-11H2,1-3H3,(H,21,26);1H. The van der Waals surface area contributed by atoms with Crippen LogP contribution in [0.2, 0.25) is 0 Å². The molecule has 0 radical (unpaired) electrons. The number of aliphatic hydroxyl groups excluding tert-OH is 1. The van der Waals surface area contributed by atoms with Crippen LogP contribution in [0, 0.1) is 5.92 Å². The van der Waals surface area contributed by atoms with E-state index in [-0.39, 0.29) is 30.3 Å². The van der Waals surface area contributed by atoms with Crippen LogP contribution in [-0.2, 0) is 6.42 Å². The molecule has 2 aromatic rings. The number of ether oxygens (including phenoxy) is 1. The van der Waals surface area contributed by atoms with E-state index in [2.05, 4.69) is 20.9 Å². The van der Waals surface area contributed by atoms with Crippen LogP contribution in [0.25, 0.3) is 5.69 Å². The molecule has 0 bridgehead atoms. The third-order valence-corrected chi connectivity index (χ3v) is 4.60. The predicted octanol–water partition coefficient (Wildman–Crippen LogP) is 1.35. The number of carbonyl (C=O) groups excluding carboxylic acids is 1. The number of hydrogen-bond donors (Lipinski definition) is 3. The first-order valence-electron chi connectivity index (χ1n) is 9.38. The van der Waals surface area contributed by atoms with Gasteiger partial charge in [-0.25, -0.2) is 4.68 Å². The summed E-state index contributed by atoms with van der Waals surface area (Å²) in [6.45, 7) is 7.59. The van der Waals surface area contributed by atoms with Crippen LogP contribution < -0.4 is 15.4 Å². The average molecular weight is 410 g/mol. The Morgan fingerprint density at radius 3 is 2.64 bits per heavy atom. The molecule has 0 saturated carbocycles. The molecular formula is C19H28ClN5O3. The number of aliphatic hydroxyl groups is 1. The Kier molecular flexibility index (Phi) is 7.79. The topological polar surface area (TPSA) is 101 Å². The zero-order valence-corrected chi connectivity index (χ0v) is 17.2. The van der Waals surface area contributed by atoms with Gasteiger partial charge in [0.25, 0.3) is 5.91 Å². The van der Waals surface area contributed by atoms with Gasteiger partial charge in [-0.1, -0.05) is 12.1 Å². The highest BCUT2D eigenvalue weighted by Gasteiger charge is 2.26. The highest BCUT2D eigenvalue weighted by molar-refractivity contribution is 5.93. The van der Waals surface area contributed by atoms with Gasteiger partial charge < -0.3 is 20.5 Å². The van der Waals surface area contributed by atoms with E-state index < -0.39 is 6.10 Å². The van der Waals surface area contributed by atoms with Gasteiger partial charge in [-0.05, 0) is 44.5 Å². The smallest absolute Gasteiger partial charge is 0.273 e. The summed E-state index contributed by atoms with van der Waals surface area (Å²) < 4.78 is 7.34. The number of hydrogen-bond acceptors (Lipinski definition) is 6. The first kappa shape index (κ1) is 22.1. The van der Waals surface area contributed by atoms with Gasteiger partial charge in [-0.15, -0.1) is 17.5 Å². The van der Waals surface area contributed by atoms with E-state index in [0.29, 0.717) is 31.7 Å². The molecule has 1 fully saturated rings. The highest BCUT2D eigenvalue weighted by Crippen LogP contribution is 2.19. The molecule has 1 aromatic heterocycles. The second kappa shape index (κ2) is 9.86. The zero-order valence-electron chi connectivity index (χ0n) is 16.4. The Labute approximate surface area is 171 Å². The first-order chi connectivity index (χ1) is 13.0. The quantitative estimate of drug-likeness (QED) is 0.638. The summed E-state index contributed by atoms with van der Waals surface area (Å²) in [5.74, 6) is 0.535. The minimum atomic E-state index is -0.432. The second-order valence-electron chi connectivity index (χ2n) is 7.01. The van der Waals surface area contributed by atoms with Gasteiger partial charge in [0.1, 0.15) is 5.75 Å². The molecule has 8 nitrogen and oxygen atoms in total. The third kappa shape index (κ3) is 5.01. The SMILES string of the molecule is CCc1c(C(=O)NCC2CNCC2O)nnn1-c1ccc(OC(C)C)cc1.Cl. The molecule has 1 aliphatic heterocycles. The van der Waals surface area contributed by atoms with Crippen LogP contribution in [0.1, 0.15) is 37.0 Å². The maximum atomic E-state index is 12.6. The number of nitrogens with zero attached hydrogens (tertiary/aromatic N) is 3. The maximum absolute atomic E-state index is 12.6. The van der Waals surface area contributed by atoms with Crippen molar-refractivity contribution in [2.24, 2.45) is 5.92 Å². The van der Waals surface area contributed by atoms with Crippen LogP contribution in [0.15, 0.2) is 24.3 Å². The number of halogens is 1. The van der Waals surface area contributed by atoms with Gasteiger partial charge in [-0.2, -0.15) is 0 Å². The molecular weight excluding hydrogens is 382 g/mol. The van der Waals surface area contributed by atoms with Gasteiger partial charge in [0.05, 0.1) is 23.6 Å². The summed E-state index contributed by atoms with van der Waals surface area (Å²) in [4.78, 5) is 12.6. The lowest BCUT2D eigenvalue weighted by Gasteiger charge is -2.14. The molecule has 1 amide bonds. The van der Waals surface area contributed by atoms with E-state index in [4.69, 9.17) is 4.74 Å². The fourth-order valence-corrected chi connectivity index (χ4v) is 3.18. The number of benzene rings is 1. The normalized spacial score (nSPS) is 18.8. The number of β-amino-alcohol motifs (C(OH)–C–C–N with tert-alkyl or cyclic N) is 1. The Hall–Kier alpha value is -2.16. The lowest BCUT2D eigenvalue weighted by molar-refractivity contribution is 0.0921. The Balaban J connectivity index is 0.00000280. The number of nitrogens with one attached hydrogen (secondary N) is 2. The van der Waals surface area contributed by atoms with Crippen molar-refractivity contribution in [2.45, 2.75) is 39.4 Å². The number of amides is 1. The lowest BCUT2D eigenvalue weighted by Crippen LogP contribution is -2.35. The van der Waals surface area contributed by atoms with Crippen LogP contribution in [-0.4, -0.2) is 57.8 Å². The first-order valence-corrected chi connectivity index (χ1v) is 9.38. The van der Waals surface area contributed by atoms with E-state index in [9.17, 15) is 9.90 Å². The summed E-state index contributed by atoms with van der Waals surface area (Å²) in [7, 11) is 0. The monoisotopic (exact) mass is 409 g/mol. The summed E-state index contributed by atoms with van der Waals surface area (Å²) in [5.41, 5.74) is 1.89. The molecule has 9 heteroatoms. The molecule has 3 rings (SSSR count). The Bertz CT molecular complexity index is 778. The van der Waals surface area contributed by atoms with Gasteiger partial charge >= 0.3 is 0 Å². The molecule has 2 atom stereocenters. The summed E-state index contributed by atoms with van der Waals surface area (Å²) in [6.07, 6.45) is 0.295. The molecule has 1 aromatic carbocycles. The number of carbonyl (C=O) groups is 1. The summed E-state index contributed by atoms with van der Waals surface area (Å²) in [5, 5.41) is 24.1. The molecule has 1 aliphatic rings. The Morgan fingerprint density at radius 2 is 2.07 bits per heavy atom. The fraction of sp³-hybridized carbons (Fsp3) is 0.526. The van der Waals surface area contributed by atoms with Crippen LogP contribution in [0.5, 0.6) is 5.75 Å². The minimum absolute atomic E-state index is 0. The second-order valence-corrected chi connectivity index (χ2v) is 7.01. The van der Waals surface area contributed by atoms with Crippen molar-refractivity contribution in [1.82, 2.24) is 25.6 Å². The maximum Gasteiger partial charge on any atom is 0.273 e. The molecule has 28 heavy (non-hydrogen) atoms. The van der Waals surface area contributed by atoms with Gasteiger partial charge in [0.2, 0.25) is 0 Å². The average Bonchev–Trinajstić information content (AvgIpc) is 3.25. The van der Waals surface area contributed by atoms with E-state index in [1.54, 1.807) is 4.68 Å². The van der Waals surface area contributed by atoms with E-state index in [1.165, 1.54) is 0 Å². The van der Waals surface area contributed by atoms with Gasteiger partial charge in [-0.3, -0.25) is 4.79 Å². The van der Waals surface area contributed by atoms with Crippen molar-refractivity contribution in [3.63, 3.8) is 0 Å². The predicted molar refractivity (Wildman–Crippen MR) is 108 cm³/mol. The van der Waals surface area contributed by atoms with E-state index in [0.717, 1.165) is 17.1 Å². The fourth-order valence-electron chi connectivity index (χ4n) is 3.18. The van der Waals surface area contributed by atoms with Crippen molar-refractivity contribution in [2.75, 3.05) is 19.6 Å². The molecule has 154 valence electrons. The van der Waals surface area contributed by atoms with Crippen LogP contribution in [0.4, 0.5) is 0 Å². The number of rotatable bonds is 7. The molecule has 3 N–H and O–H groups in total. The lowest BCUT2D eigenvalue weighted by atomic mass is 10.1. The van der Waals surface area contributed by atoms with Crippen LogP contribution in [0.3, 0.4) is 0 Å². The van der Waals surface area contributed by atoms with Crippen molar-refractivity contribution in [3.8, 4) is 11.4 Å². The van der Waals surface area contributed by atoms with Gasteiger partial charge in [0, 0.05) is 25.6 Å². The van der Waals surface area contributed by atoms with Crippen molar-refractivity contribution >= 4 is 18.3 Å². The highest BCUT2D eigenvalue weighted by atomic mass is 35.5. The minimum Gasteiger partial charge on any atom is -0.491 e. The summed E-state index contributed by atoms with van der Waals surface area (Å²) in [6, 6.07) is 7.55. The molecule has 0 spiro atoms. The Morgan fingerprint density at radius 1 is 1.36 bits per heavy atom. The van der Waals surface area contributed by atoms with Crippen molar-refractivity contribution in [1.29, 1.82) is 0 Å². The van der Waals surface area contributed by atoms with Crippen molar-refractivity contribution < 1.29 is 14.6 Å². The molecule has 1 saturated heterocycles. The van der Waals surface area contributed by atoms with E-state index in [1.807, 2.05) is 45.0 Å². The number of aromatic nitrogens is 3. The third-order valence-electron chi connectivity index (χ3n) is 4.60. The molecule has 2 heterocycles. The van der Waals surface area contributed by atoms with Crippen molar-refractivity contribution in [3.05, 3.63) is 35.7 Å². The largest absolute Gasteiger partial charge is 0.491 e. The molecule has 2 unspecified atom stereocenters. The summed E-state index contributed by atoms with van der Waals surface area (Å²) >= 11 is 0.